The Morgan fingerprint density at radius 1 is 1.15 bits per heavy atom. The second-order valence-electron chi connectivity index (χ2n) is 5.49. The minimum Gasteiger partial charge on any atom is -0.493 e. The van der Waals surface area contributed by atoms with E-state index in [1.807, 2.05) is 25.1 Å². The quantitative estimate of drug-likeness (QED) is 0.434. The molecule has 0 N–H and O–H groups in total. The molecule has 1 heterocycles. The third-order valence-corrected chi connectivity index (χ3v) is 5.42. The maximum Gasteiger partial charge on any atom is 0.270 e. The van der Waals surface area contributed by atoms with Crippen LogP contribution in [-0.4, -0.2) is 23.9 Å². The predicted molar refractivity (Wildman–Crippen MR) is 116 cm³/mol. The number of nitrogens with zero attached hydrogens (tertiary/aromatic N) is 1. The van der Waals surface area contributed by atoms with Crippen molar-refractivity contribution in [1.82, 2.24) is 0 Å². The highest BCUT2D eigenvalue weighted by Gasteiger charge is 2.33. The van der Waals surface area contributed by atoms with Crippen molar-refractivity contribution in [1.29, 1.82) is 0 Å². The fourth-order valence-electron chi connectivity index (χ4n) is 2.56. The first-order valence-electron chi connectivity index (χ1n) is 7.97. The number of ether oxygens (including phenoxy) is 2. The van der Waals surface area contributed by atoms with Crippen LogP contribution in [0.2, 0.25) is 10.0 Å². The lowest BCUT2D eigenvalue weighted by Gasteiger charge is -2.15. The van der Waals surface area contributed by atoms with Crippen LogP contribution in [0, 0.1) is 0 Å². The molecule has 1 fully saturated rings. The van der Waals surface area contributed by atoms with Gasteiger partial charge in [-0.1, -0.05) is 53.2 Å². The SMILES string of the molecule is CCOc1ccc(/C=C2\SC(=S)N(c3cc(Cl)cc(Cl)c3)C2=O)cc1OC. The molecule has 0 radical (unpaired) electrons. The Bertz CT molecular complexity index is 926. The van der Waals surface area contributed by atoms with Crippen LogP contribution < -0.4 is 14.4 Å². The van der Waals surface area contributed by atoms with Gasteiger partial charge in [0.05, 0.1) is 24.3 Å². The molecule has 1 aliphatic heterocycles. The molecule has 3 rings (SSSR count). The highest BCUT2D eigenvalue weighted by atomic mass is 35.5. The Kier molecular flexibility index (Phi) is 6.32. The summed E-state index contributed by atoms with van der Waals surface area (Å²) >= 11 is 18.7. The van der Waals surface area contributed by atoms with Gasteiger partial charge in [0, 0.05) is 10.0 Å². The summed E-state index contributed by atoms with van der Waals surface area (Å²) in [6.07, 6.45) is 1.77. The molecule has 140 valence electrons. The van der Waals surface area contributed by atoms with E-state index in [1.165, 1.54) is 16.7 Å². The van der Waals surface area contributed by atoms with Gasteiger partial charge in [-0.25, -0.2) is 0 Å². The number of halogens is 2. The van der Waals surface area contributed by atoms with Crippen molar-refractivity contribution < 1.29 is 14.3 Å². The molecule has 0 aliphatic carbocycles. The summed E-state index contributed by atoms with van der Waals surface area (Å²) in [7, 11) is 1.57. The number of rotatable bonds is 5. The summed E-state index contributed by atoms with van der Waals surface area (Å²) in [5.41, 5.74) is 1.35. The number of methoxy groups -OCH3 is 1. The second-order valence-corrected chi connectivity index (χ2v) is 8.04. The van der Waals surface area contributed by atoms with Crippen molar-refractivity contribution >= 4 is 69.2 Å². The van der Waals surface area contributed by atoms with Crippen LogP contribution in [0.3, 0.4) is 0 Å². The van der Waals surface area contributed by atoms with Gasteiger partial charge in [0.25, 0.3) is 5.91 Å². The van der Waals surface area contributed by atoms with Gasteiger partial charge < -0.3 is 9.47 Å². The fraction of sp³-hybridized carbons (Fsp3) is 0.158. The lowest BCUT2D eigenvalue weighted by Crippen LogP contribution is -2.27. The lowest BCUT2D eigenvalue weighted by molar-refractivity contribution is -0.113. The van der Waals surface area contributed by atoms with E-state index in [0.29, 0.717) is 43.1 Å². The normalized spacial score (nSPS) is 15.6. The monoisotopic (exact) mass is 439 g/mol. The van der Waals surface area contributed by atoms with Gasteiger partial charge in [0.1, 0.15) is 0 Å². The number of anilines is 1. The lowest BCUT2D eigenvalue weighted by atomic mass is 10.2. The van der Waals surface area contributed by atoms with E-state index in [1.54, 1.807) is 31.4 Å². The Morgan fingerprint density at radius 3 is 2.48 bits per heavy atom. The highest BCUT2D eigenvalue weighted by molar-refractivity contribution is 8.27. The number of amides is 1. The zero-order valence-electron chi connectivity index (χ0n) is 14.5. The number of benzene rings is 2. The largest absolute Gasteiger partial charge is 0.493 e. The van der Waals surface area contributed by atoms with Crippen LogP contribution in [0.15, 0.2) is 41.3 Å². The van der Waals surface area contributed by atoms with Gasteiger partial charge in [0.15, 0.2) is 15.8 Å². The van der Waals surface area contributed by atoms with Crippen LogP contribution in [0.5, 0.6) is 11.5 Å². The van der Waals surface area contributed by atoms with Crippen molar-refractivity contribution in [3.8, 4) is 11.5 Å². The summed E-state index contributed by atoms with van der Waals surface area (Å²) < 4.78 is 11.3. The average molecular weight is 440 g/mol. The topological polar surface area (TPSA) is 38.8 Å². The predicted octanol–water partition coefficient (Wildman–Crippen LogP) is 5.81. The fourth-order valence-corrected chi connectivity index (χ4v) is 4.37. The molecule has 0 bridgehead atoms. The van der Waals surface area contributed by atoms with Crippen LogP contribution in [-0.2, 0) is 4.79 Å². The van der Waals surface area contributed by atoms with Crippen molar-refractivity contribution in [2.45, 2.75) is 6.92 Å². The first-order valence-corrected chi connectivity index (χ1v) is 9.96. The zero-order chi connectivity index (χ0) is 19.6. The number of carbonyl (C=O) groups is 1. The molecule has 0 unspecified atom stereocenters. The maximum atomic E-state index is 12.9. The molecule has 0 aromatic heterocycles. The number of thiocarbonyl (C=S) groups is 1. The number of hydrogen-bond donors (Lipinski definition) is 0. The minimum atomic E-state index is -0.226. The van der Waals surface area contributed by atoms with Crippen LogP contribution >= 0.6 is 47.2 Å². The summed E-state index contributed by atoms with van der Waals surface area (Å²) in [5.74, 6) is 1.03. The summed E-state index contributed by atoms with van der Waals surface area (Å²) in [6, 6.07) is 10.4. The standard InChI is InChI=1S/C19H15Cl2NO3S2/c1-3-25-15-5-4-11(6-16(15)24-2)7-17-18(23)22(19(26)27-17)14-9-12(20)8-13(21)10-14/h4-10H,3H2,1-2H3/b17-7-. The molecule has 4 nitrogen and oxygen atoms in total. The molecule has 0 atom stereocenters. The summed E-state index contributed by atoms with van der Waals surface area (Å²) in [4.78, 5) is 14.8. The summed E-state index contributed by atoms with van der Waals surface area (Å²) in [5, 5.41) is 0.874. The van der Waals surface area contributed by atoms with Crippen LogP contribution in [0.25, 0.3) is 6.08 Å². The number of hydrogen-bond acceptors (Lipinski definition) is 5. The molecule has 0 saturated carbocycles. The molecule has 8 heteroatoms. The highest BCUT2D eigenvalue weighted by Crippen LogP contribution is 2.38. The molecular weight excluding hydrogens is 425 g/mol. The maximum absolute atomic E-state index is 12.9. The summed E-state index contributed by atoms with van der Waals surface area (Å²) in [6.45, 7) is 2.44. The molecule has 1 aliphatic rings. The van der Waals surface area contributed by atoms with E-state index in [9.17, 15) is 4.79 Å². The van der Waals surface area contributed by atoms with Crippen molar-refractivity contribution in [2.75, 3.05) is 18.6 Å². The average Bonchev–Trinajstić information content (AvgIpc) is 2.89. The van der Waals surface area contributed by atoms with Gasteiger partial charge in [-0.15, -0.1) is 0 Å². The van der Waals surface area contributed by atoms with Crippen LogP contribution in [0.4, 0.5) is 5.69 Å². The smallest absolute Gasteiger partial charge is 0.270 e. The molecule has 0 spiro atoms. The molecule has 1 saturated heterocycles. The molecule has 27 heavy (non-hydrogen) atoms. The van der Waals surface area contributed by atoms with Gasteiger partial charge in [-0.2, -0.15) is 0 Å². The van der Waals surface area contributed by atoms with E-state index < -0.39 is 0 Å². The van der Waals surface area contributed by atoms with Crippen molar-refractivity contribution in [3.63, 3.8) is 0 Å². The van der Waals surface area contributed by atoms with Crippen molar-refractivity contribution in [2.24, 2.45) is 0 Å². The molecule has 1 amide bonds. The zero-order valence-corrected chi connectivity index (χ0v) is 17.6. The Labute approximate surface area is 177 Å². The Hall–Kier alpha value is -1.73. The second kappa shape index (κ2) is 8.52. The minimum absolute atomic E-state index is 0.226. The van der Waals surface area contributed by atoms with E-state index in [4.69, 9.17) is 44.9 Å². The van der Waals surface area contributed by atoms with Gasteiger partial charge in [-0.3, -0.25) is 9.69 Å². The van der Waals surface area contributed by atoms with E-state index in [2.05, 4.69) is 0 Å². The molecule has 2 aromatic carbocycles. The van der Waals surface area contributed by atoms with Gasteiger partial charge >= 0.3 is 0 Å². The van der Waals surface area contributed by atoms with E-state index >= 15 is 0 Å². The Morgan fingerprint density at radius 2 is 1.85 bits per heavy atom. The van der Waals surface area contributed by atoms with E-state index in [-0.39, 0.29) is 5.91 Å². The number of carbonyl (C=O) groups excluding carboxylic acids is 1. The number of thioether (sulfide) groups is 1. The third kappa shape index (κ3) is 4.41. The van der Waals surface area contributed by atoms with Crippen molar-refractivity contribution in [3.05, 3.63) is 56.9 Å². The van der Waals surface area contributed by atoms with E-state index in [0.717, 1.165) is 5.56 Å². The first-order chi connectivity index (χ1) is 12.9. The van der Waals surface area contributed by atoms with Gasteiger partial charge in [0.2, 0.25) is 0 Å². The third-order valence-electron chi connectivity index (χ3n) is 3.68. The van der Waals surface area contributed by atoms with Gasteiger partial charge in [-0.05, 0) is 48.9 Å². The first kappa shape index (κ1) is 20.0. The molecule has 2 aromatic rings. The van der Waals surface area contributed by atoms with Crippen LogP contribution in [0.1, 0.15) is 12.5 Å². The molecular formula is C19H15Cl2NO3S2. The Balaban J connectivity index is 1.92.